The molecule has 4 rings (SSSR count). The molecule has 0 aromatic heterocycles. The van der Waals surface area contributed by atoms with Crippen molar-refractivity contribution in [2.24, 2.45) is 0 Å². The van der Waals surface area contributed by atoms with Crippen molar-refractivity contribution in [2.45, 2.75) is 75.6 Å². The fourth-order valence-electron chi connectivity index (χ4n) is 5.28. The first kappa shape index (κ1) is 19.2. The van der Waals surface area contributed by atoms with Crippen molar-refractivity contribution in [1.82, 2.24) is 9.80 Å². The Labute approximate surface area is 165 Å². The summed E-state index contributed by atoms with van der Waals surface area (Å²) < 4.78 is 13.9. The summed E-state index contributed by atoms with van der Waals surface area (Å²) in [6.45, 7) is 2.27. The van der Waals surface area contributed by atoms with Crippen molar-refractivity contribution in [1.29, 1.82) is 0 Å². The molecule has 2 saturated heterocycles. The van der Waals surface area contributed by atoms with E-state index in [1.807, 2.05) is 6.07 Å². The smallest absolute Gasteiger partial charge is 0.243 e. The SMILES string of the molecule is O=C1N(C2CCC(O)CC2)CCCC12CCCN2Cc1ccc(Cl)c(F)c1. The molecule has 27 heavy (non-hydrogen) atoms. The normalized spacial score (nSPS) is 32.4. The molecule has 0 radical (unpaired) electrons. The number of benzene rings is 1. The number of amides is 1. The molecule has 2 heterocycles. The van der Waals surface area contributed by atoms with E-state index in [-0.39, 0.29) is 23.1 Å². The van der Waals surface area contributed by atoms with E-state index in [9.17, 15) is 14.3 Å². The topological polar surface area (TPSA) is 43.8 Å². The molecule has 1 aromatic rings. The molecule has 1 spiro atoms. The summed E-state index contributed by atoms with van der Waals surface area (Å²) in [6.07, 6.45) is 6.93. The summed E-state index contributed by atoms with van der Waals surface area (Å²) in [5, 5.41) is 9.93. The lowest BCUT2D eigenvalue weighted by Crippen LogP contribution is -2.62. The molecule has 1 aliphatic carbocycles. The molecule has 1 N–H and O–H groups in total. The Morgan fingerprint density at radius 2 is 1.85 bits per heavy atom. The van der Waals surface area contributed by atoms with Crippen molar-refractivity contribution >= 4 is 17.5 Å². The lowest BCUT2D eigenvalue weighted by Gasteiger charge is -2.48. The van der Waals surface area contributed by atoms with E-state index in [1.54, 1.807) is 6.07 Å². The third-order valence-corrected chi connectivity index (χ3v) is 7.04. The number of piperidine rings is 1. The van der Waals surface area contributed by atoms with Crippen molar-refractivity contribution in [3.63, 3.8) is 0 Å². The Morgan fingerprint density at radius 3 is 2.56 bits per heavy atom. The summed E-state index contributed by atoms with van der Waals surface area (Å²) in [4.78, 5) is 17.9. The van der Waals surface area contributed by atoms with E-state index in [0.29, 0.717) is 6.54 Å². The van der Waals surface area contributed by atoms with Crippen LogP contribution >= 0.6 is 11.6 Å². The van der Waals surface area contributed by atoms with Gasteiger partial charge in [-0.05, 0) is 75.6 Å². The van der Waals surface area contributed by atoms with Crippen LogP contribution in [-0.4, -0.2) is 51.6 Å². The second-order valence-electron chi connectivity index (χ2n) is 8.37. The third kappa shape index (κ3) is 3.62. The number of halogens is 2. The van der Waals surface area contributed by atoms with Crippen LogP contribution in [-0.2, 0) is 11.3 Å². The van der Waals surface area contributed by atoms with Crippen LogP contribution in [0.3, 0.4) is 0 Å². The lowest BCUT2D eigenvalue weighted by molar-refractivity contribution is -0.152. The van der Waals surface area contributed by atoms with Gasteiger partial charge in [-0.3, -0.25) is 9.69 Å². The standard InChI is InChI=1S/C21H28ClFN2O2/c22-18-8-3-15(13-19(18)23)14-24-11-1-9-21(24)10-2-12-25(20(21)27)16-4-6-17(26)7-5-16/h3,8,13,16-17,26H,1-2,4-7,9-12,14H2. The van der Waals surface area contributed by atoms with E-state index < -0.39 is 11.4 Å². The van der Waals surface area contributed by atoms with Gasteiger partial charge in [0, 0.05) is 19.1 Å². The van der Waals surface area contributed by atoms with E-state index in [1.165, 1.54) is 6.07 Å². The van der Waals surface area contributed by atoms with Gasteiger partial charge in [0.25, 0.3) is 0 Å². The molecular formula is C21H28ClFN2O2. The first-order chi connectivity index (χ1) is 13.0. The summed E-state index contributed by atoms with van der Waals surface area (Å²) in [6, 6.07) is 5.19. The molecule has 1 aromatic carbocycles. The number of nitrogens with zero attached hydrogens (tertiary/aromatic N) is 2. The fourth-order valence-corrected chi connectivity index (χ4v) is 5.40. The van der Waals surface area contributed by atoms with Crippen LogP contribution < -0.4 is 0 Å². The zero-order valence-corrected chi connectivity index (χ0v) is 16.4. The van der Waals surface area contributed by atoms with E-state index in [2.05, 4.69) is 9.80 Å². The summed E-state index contributed by atoms with van der Waals surface area (Å²) in [5.74, 6) is -0.151. The second-order valence-corrected chi connectivity index (χ2v) is 8.78. The number of carbonyl (C=O) groups excluding carboxylic acids is 1. The highest BCUT2D eigenvalue weighted by atomic mass is 35.5. The van der Waals surface area contributed by atoms with Crippen LogP contribution in [0, 0.1) is 5.82 Å². The first-order valence-corrected chi connectivity index (χ1v) is 10.6. The van der Waals surface area contributed by atoms with Gasteiger partial charge in [0.05, 0.1) is 11.1 Å². The monoisotopic (exact) mass is 394 g/mol. The highest BCUT2D eigenvalue weighted by Crippen LogP contribution is 2.41. The van der Waals surface area contributed by atoms with Gasteiger partial charge < -0.3 is 10.0 Å². The number of aliphatic hydroxyl groups excluding tert-OH is 1. The van der Waals surface area contributed by atoms with Crippen LogP contribution in [0.1, 0.15) is 56.9 Å². The first-order valence-electron chi connectivity index (χ1n) is 10.2. The number of hydrogen-bond donors (Lipinski definition) is 1. The molecule has 3 aliphatic rings. The Balaban J connectivity index is 1.52. The van der Waals surface area contributed by atoms with Crippen LogP contribution in [0.15, 0.2) is 18.2 Å². The number of rotatable bonds is 3. The average molecular weight is 395 g/mol. The summed E-state index contributed by atoms with van der Waals surface area (Å²) >= 11 is 5.81. The molecule has 1 saturated carbocycles. The predicted octanol–water partition coefficient (Wildman–Crippen LogP) is 3.74. The average Bonchev–Trinajstić information content (AvgIpc) is 3.05. The highest BCUT2D eigenvalue weighted by Gasteiger charge is 2.51. The van der Waals surface area contributed by atoms with Crippen molar-refractivity contribution in [3.05, 3.63) is 34.6 Å². The molecule has 1 atom stereocenters. The number of likely N-dealkylation sites (tertiary alicyclic amines) is 2. The number of aliphatic hydroxyl groups is 1. The van der Waals surface area contributed by atoms with Gasteiger partial charge in [-0.15, -0.1) is 0 Å². The molecule has 0 bridgehead atoms. The van der Waals surface area contributed by atoms with Crippen LogP contribution in [0.25, 0.3) is 0 Å². The Bertz CT molecular complexity index is 707. The largest absolute Gasteiger partial charge is 0.393 e. The highest BCUT2D eigenvalue weighted by molar-refractivity contribution is 6.30. The molecule has 1 unspecified atom stereocenters. The molecule has 2 aliphatic heterocycles. The summed E-state index contributed by atoms with van der Waals surface area (Å²) in [5.41, 5.74) is 0.425. The number of hydrogen-bond acceptors (Lipinski definition) is 3. The van der Waals surface area contributed by atoms with Crippen molar-refractivity contribution < 1.29 is 14.3 Å². The Morgan fingerprint density at radius 1 is 1.15 bits per heavy atom. The maximum atomic E-state index is 13.9. The zero-order valence-electron chi connectivity index (χ0n) is 15.7. The minimum atomic E-state index is -0.440. The molecule has 1 amide bonds. The minimum absolute atomic E-state index is 0.134. The molecular weight excluding hydrogens is 367 g/mol. The van der Waals surface area contributed by atoms with Gasteiger partial charge in [-0.1, -0.05) is 17.7 Å². The summed E-state index contributed by atoms with van der Waals surface area (Å²) in [7, 11) is 0. The van der Waals surface area contributed by atoms with Crippen LogP contribution in [0.4, 0.5) is 4.39 Å². The van der Waals surface area contributed by atoms with Gasteiger partial charge in [0.2, 0.25) is 5.91 Å². The Hall–Kier alpha value is -1.17. The van der Waals surface area contributed by atoms with Crippen LogP contribution in [0.2, 0.25) is 5.02 Å². The molecule has 4 nitrogen and oxygen atoms in total. The van der Waals surface area contributed by atoms with Crippen LogP contribution in [0.5, 0.6) is 0 Å². The maximum Gasteiger partial charge on any atom is 0.243 e. The Kier molecular flexibility index (Phi) is 5.45. The van der Waals surface area contributed by atoms with E-state index in [4.69, 9.17) is 11.6 Å². The second kappa shape index (κ2) is 7.69. The van der Waals surface area contributed by atoms with Crippen molar-refractivity contribution in [2.75, 3.05) is 13.1 Å². The third-order valence-electron chi connectivity index (χ3n) is 6.74. The van der Waals surface area contributed by atoms with E-state index in [0.717, 1.165) is 70.0 Å². The maximum absolute atomic E-state index is 13.9. The number of carbonyl (C=O) groups is 1. The van der Waals surface area contributed by atoms with E-state index >= 15 is 0 Å². The van der Waals surface area contributed by atoms with Gasteiger partial charge in [0.15, 0.2) is 0 Å². The van der Waals surface area contributed by atoms with Gasteiger partial charge in [0.1, 0.15) is 11.4 Å². The fraction of sp³-hybridized carbons (Fsp3) is 0.667. The predicted molar refractivity (Wildman–Crippen MR) is 103 cm³/mol. The van der Waals surface area contributed by atoms with Gasteiger partial charge >= 0.3 is 0 Å². The molecule has 3 fully saturated rings. The quantitative estimate of drug-likeness (QED) is 0.849. The van der Waals surface area contributed by atoms with Crippen molar-refractivity contribution in [3.8, 4) is 0 Å². The molecule has 148 valence electrons. The van der Waals surface area contributed by atoms with Gasteiger partial charge in [-0.2, -0.15) is 0 Å². The lowest BCUT2D eigenvalue weighted by atomic mass is 9.82. The zero-order chi connectivity index (χ0) is 19.0. The molecule has 6 heteroatoms. The minimum Gasteiger partial charge on any atom is -0.393 e. The van der Waals surface area contributed by atoms with Gasteiger partial charge in [-0.25, -0.2) is 4.39 Å².